The van der Waals surface area contributed by atoms with Crippen molar-refractivity contribution in [2.24, 2.45) is 0 Å². The number of nitrogens with zero attached hydrogens (tertiary/aromatic N) is 1. The zero-order valence-corrected chi connectivity index (χ0v) is 8.83. The van der Waals surface area contributed by atoms with Gasteiger partial charge in [0.25, 0.3) is 0 Å². The van der Waals surface area contributed by atoms with Crippen molar-refractivity contribution in [3.63, 3.8) is 0 Å². The van der Waals surface area contributed by atoms with Gasteiger partial charge < -0.3 is 5.73 Å². The summed E-state index contributed by atoms with van der Waals surface area (Å²) in [6.07, 6.45) is 2.02. The highest BCUT2D eigenvalue weighted by Gasteiger charge is 2.08. The van der Waals surface area contributed by atoms with Gasteiger partial charge in [0.15, 0.2) is 5.78 Å². The van der Waals surface area contributed by atoms with Crippen LogP contribution in [-0.2, 0) is 6.42 Å². The molecule has 1 aromatic carbocycles. The summed E-state index contributed by atoms with van der Waals surface area (Å²) in [5.41, 5.74) is 7.26. The number of carbonyl (C=O) groups excluding carboxylic acids is 1. The van der Waals surface area contributed by atoms with Crippen LogP contribution in [0.25, 0.3) is 0 Å². The second-order valence-electron chi connectivity index (χ2n) is 3.22. The largest absolute Gasteiger partial charge is 0.399 e. The van der Waals surface area contributed by atoms with E-state index >= 15 is 0 Å². The molecule has 0 unspecified atom stereocenters. The van der Waals surface area contributed by atoms with Gasteiger partial charge in [-0.15, -0.1) is 0 Å². The number of carbonyl (C=O) groups is 1. The van der Waals surface area contributed by atoms with E-state index in [0.29, 0.717) is 17.0 Å². The zero-order chi connectivity index (χ0) is 10.7. The fourth-order valence-corrected chi connectivity index (χ4v) is 1.87. The van der Waals surface area contributed by atoms with E-state index in [1.54, 1.807) is 18.3 Å². The quantitative estimate of drug-likeness (QED) is 0.634. The maximum atomic E-state index is 11.7. The minimum absolute atomic E-state index is 0.0862. The van der Waals surface area contributed by atoms with E-state index in [0.717, 1.165) is 5.56 Å². The summed E-state index contributed by atoms with van der Waals surface area (Å²) < 4.78 is 3.90. The van der Waals surface area contributed by atoms with Crippen molar-refractivity contribution in [1.29, 1.82) is 0 Å². The van der Waals surface area contributed by atoms with Crippen LogP contribution in [-0.4, -0.2) is 10.2 Å². The van der Waals surface area contributed by atoms with Crippen LogP contribution in [0.5, 0.6) is 0 Å². The third-order valence-corrected chi connectivity index (χ3v) is 2.82. The first-order valence-corrected chi connectivity index (χ1v) is 5.31. The first kappa shape index (κ1) is 9.86. The van der Waals surface area contributed by atoms with Crippen molar-refractivity contribution in [3.8, 4) is 0 Å². The van der Waals surface area contributed by atoms with E-state index in [9.17, 15) is 4.79 Å². The summed E-state index contributed by atoms with van der Waals surface area (Å²) in [5, 5.41) is 0. The summed E-state index contributed by atoms with van der Waals surface area (Å²) in [7, 11) is 0. The molecule has 0 bridgehead atoms. The van der Waals surface area contributed by atoms with E-state index in [4.69, 9.17) is 5.73 Å². The highest BCUT2D eigenvalue weighted by Crippen LogP contribution is 2.12. The Morgan fingerprint density at radius 1 is 1.40 bits per heavy atom. The summed E-state index contributed by atoms with van der Waals surface area (Å²) in [6, 6.07) is 9.11. The SMILES string of the molecule is Nc1cccc(CC(=O)c2ccns2)c1. The molecule has 0 aliphatic carbocycles. The Morgan fingerprint density at radius 3 is 2.93 bits per heavy atom. The molecule has 0 radical (unpaired) electrons. The van der Waals surface area contributed by atoms with Crippen LogP contribution in [0.3, 0.4) is 0 Å². The normalized spacial score (nSPS) is 10.1. The van der Waals surface area contributed by atoms with Gasteiger partial charge in [-0.05, 0) is 35.3 Å². The van der Waals surface area contributed by atoms with Crippen LogP contribution in [0, 0.1) is 0 Å². The molecule has 1 aromatic heterocycles. The fraction of sp³-hybridized carbons (Fsp3) is 0.0909. The third-order valence-electron chi connectivity index (χ3n) is 2.03. The van der Waals surface area contributed by atoms with Gasteiger partial charge in [0.2, 0.25) is 0 Å². The van der Waals surface area contributed by atoms with Crippen LogP contribution < -0.4 is 5.73 Å². The molecule has 0 aliphatic rings. The van der Waals surface area contributed by atoms with E-state index in [2.05, 4.69) is 4.37 Å². The highest BCUT2D eigenvalue weighted by molar-refractivity contribution is 7.08. The molecule has 0 fully saturated rings. The summed E-state index contributed by atoms with van der Waals surface area (Å²) >= 11 is 1.22. The Bertz CT molecular complexity index is 465. The maximum Gasteiger partial charge on any atom is 0.178 e. The minimum Gasteiger partial charge on any atom is -0.399 e. The molecule has 1 heterocycles. The molecule has 3 nitrogen and oxygen atoms in total. The number of anilines is 1. The van der Waals surface area contributed by atoms with Gasteiger partial charge in [-0.1, -0.05) is 12.1 Å². The van der Waals surface area contributed by atoms with Crippen molar-refractivity contribution in [1.82, 2.24) is 4.37 Å². The molecule has 2 rings (SSSR count). The second-order valence-corrected chi connectivity index (χ2v) is 4.05. The molecule has 15 heavy (non-hydrogen) atoms. The molecule has 76 valence electrons. The topological polar surface area (TPSA) is 56.0 Å². The number of ketones is 1. The number of benzene rings is 1. The molecule has 0 amide bonds. The van der Waals surface area contributed by atoms with Gasteiger partial charge in [0, 0.05) is 18.3 Å². The molecular formula is C11H10N2OS. The minimum atomic E-state index is 0.0862. The number of nitrogen functional groups attached to an aromatic ring is 1. The van der Waals surface area contributed by atoms with Crippen molar-refractivity contribution < 1.29 is 4.79 Å². The van der Waals surface area contributed by atoms with E-state index < -0.39 is 0 Å². The molecule has 0 saturated heterocycles. The Kier molecular flexibility index (Phi) is 2.78. The Balaban J connectivity index is 2.13. The van der Waals surface area contributed by atoms with Crippen LogP contribution >= 0.6 is 11.5 Å². The Morgan fingerprint density at radius 2 is 2.27 bits per heavy atom. The molecule has 2 N–H and O–H groups in total. The van der Waals surface area contributed by atoms with E-state index in [1.807, 2.05) is 18.2 Å². The van der Waals surface area contributed by atoms with Gasteiger partial charge in [-0.25, -0.2) is 4.37 Å². The van der Waals surface area contributed by atoms with Crippen molar-refractivity contribution in [2.75, 3.05) is 5.73 Å². The number of aromatic nitrogens is 1. The zero-order valence-electron chi connectivity index (χ0n) is 8.01. The van der Waals surface area contributed by atoms with Gasteiger partial charge in [0.05, 0.1) is 4.88 Å². The predicted molar refractivity (Wildman–Crippen MR) is 61.0 cm³/mol. The number of rotatable bonds is 3. The average Bonchev–Trinajstić information content (AvgIpc) is 2.70. The molecule has 0 aliphatic heterocycles. The number of hydrogen-bond acceptors (Lipinski definition) is 4. The van der Waals surface area contributed by atoms with Crippen LogP contribution in [0.15, 0.2) is 36.5 Å². The lowest BCUT2D eigenvalue weighted by atomic mass is 10.1. The lowest BCUT2D eigenvalue weighted by Gasteiger charge is -1.99. The van der Waals surface area contributed by atoms with Gasteiger partial charge in [0.1, 0.15) is 0 Å². The molecule has 4 heteroatoms. The number of nitrogens with two attached hydrogens (primary N) is 1. The smallest absolute Gasteiger partial charge is 0.178 e. The fourth-order valence-electron chi connectivity index (χ4n) is 1.34. The summed E-state index contributed by atoms with van der Waals surface area (Å²) in [5.74, 6) is 0.0862. The number of Topliss-reactive ketones (excluding diaryl/α,β-unsaturated/α-hetero) is 1. The van der Waals surface area contributed by atoms with Crippen LogP contribution in [0.4, 0.5) is 5.69 Å². The van der Waals surface area contributed by atoms with Crippen LogP contribution in [0.2, 0.25) is 0 Å². The Hall–Kier alpha value is -1.68. The van der Waals surface area contributed by atoms with Crippen molar-refractivity contribution >= 4 is 23.0 Å². The van der Waals surface area contributed by atoms with Gasteiger partial charge in [-0.2, -0.15) is 0 Å². The van der Waals surface area contributed by atoms with Crippen LogP contribution in [0.1, 0.15) is 15.2 Å². The summed E-state index contributed by atoms with van der Waals surface area (Å²) in [6.45, 7) is 0. The highest BCUT2D eigenvalue weighted by atomic mass is 32.1. The standard InChI is InChI=1S/C11H10N2OS/c12-9-3-1-2-8(6-9)7-10(14)11-4-5-13-15-11/h1-6H,7,12H2. The first-order chi connectivity index (χ1) is 7.25. The monoisotopic (exact) mass is 218 g/mol. The lowest BCUT2D eigenvalue weighted by Crippen LogP contribution is -2.01. The van der Waals surface area contributed by atoms with E-state index in [1.165, 1.54) is 11.5 Å². The van der Waals surface area contributed by atoms with Gasteiger partial charge >= 0.3 is 0 Å². The van der Waals surface area contributed by atoms with Crippen molar-refractivity contribution in [3.05, 3.63) is 47.0 Å². The maximum absolute atomic E-state index is 11.7. The Labute approximate surface area is 91.7 Å². The van der Waals surface area contributed by atoms with Gasteiger partial charge in [-0.3, -0.25) is 4.79 Å². The first-order valence-electron chi connectivity index (χ1n) is 4.54. The van der Waals surface area contributed by atoms with E-state index in [-0.39, 0.29) is 5.78 Å². The van der Waals surface area contributed by atoms with Crippen molar-refractivity contribution in [2.45, 2.75) is 6.42 Å². The molecule has 0 spiro atoms. The third kappa shape index (κ3) is 2.41. The average molecular weight is 218 g/mol. The molecular weight excluding hydrogens is 208 g/mol. The molecule has 0 atom stereocenters. The predicted octanol–water partition coefficient (Wildman–Crippen LogP) is 2.15. The summed E-state index contributed by atoms with van der Waals surface area (Å²) in [4.78, 5) is 12.4. The second kappa shape index (κ2) is 4.23. The lowest BCUT2D eigenvalue weighted by molar-refractivity contribution is 0.0997. The molecule has 2 aromatic rings. The number of hydrogen-bond donors (Lipinski definition) is 1. The molecule has 0 saturated carbocycles.